The van der Waals surface area contributed by atoms with Crippen LogP contribution < -0.4 is 5.32 Å². The Bertz CT molecular complexity index is 470. The van der Waals surface area contributed by atoms with Crippen LogP contribution in [0.3, 0.4) is 0 Å². The van der Waals surface area contributed by atoms with E-state index in [2.05, 4.69) is 5.32 Å². The molecule has 1 aliphatic heterocycles. The van der Waals surface area contributed by atoms with Crippen LogP contribution in [0.15, 0.2) is 24.3 Å². The highest BCUT2D eigenvalue weighted by molar-refractivity contribution is 5.81. The Morgan fingerprint density at radius 1 is 1.32 bits per heavy atom. The van der Waals surface area contributed by atoms with E-state index in [0.717, 1.165) is 25.9 Å². The van der Waals surface area contributed by atoms with Crippen molar-refractivity contribution in [2.24, 2.45) is 0 Å². The molecule has 0 spiro atoms. The van der Waals surface area contributed by atoms with E-state index in [1.165, 1.54) is 18.6 Å². The van der Waals surface area contributed by atoms with Gasteiger partial charge in [0.2, 0.25) is 5.91 Å². The maximum Gasteiger partial charge on any atom is 0.271 e. The number of carbonyl (C=O) groups is 1. The Hall–Kier alpha value is -2.11. The molecule has 0 aromatic heterocycles. The van der Waals surface area contributed by atoms with Crippen molar-refractivity contribution >= 4 is 17.3 Å². The molecule has 0 atom stereocenters. The van der Waals surface area contributed by atoms with Crippen molar-refractivity contribution in [2.75, 3.05) is 25.0 Å². The molecular formula is C13H17N3O3. The lowest BCUT2D eigenvalue weighted by atomic mass is 10.1. The van der Waals surface area contributed by atoms with Crippen molar-refractivity contribution in [3.63, 3.8) is 0 Å². The van der Waals surface area contributed by atoms with Crippen LogP contribution in [-0.2, 0) is 4.79 Å². The first-order valence-electron chi connectivity index (χ1n) is 6.43. The largest absolute Gasteiger partial charge is 0.376 e. The fourth-order valence-corrected chi connectivity index (χ4v) is 2.16. The monoisotopic (exact) mass is 263 g/mol. The summed E-state index contributed by atoms with van der Waals surface area (Å²) < 4.78 is 0. The summed E-state index contributed by atoms with van der Waals surface area (Å²) in [6.45, 7) is 1.81. The van der Waals surface area contributed by atoms with Gasteiger partial charge in [0.05, 0.1) is 11.5 Å². The van der Waals surface area contributed by atoms with E-state index >= 15 is 0 Å². The lowest BCUT2D eigenvalue weighted by molar-refractivity contribution is -0.384. The number of nitro groups is 1. The van der Waals surface area contributed by atoms with Crippen LogP contribution in [0.5, 0.6) is 0 Å². The van der Waals surface area contributed by atoms with Gasteiger partial charge in [-0.25, -0.2) is 0 Å². The minimum atomic E-state index is -0.447. The predicted octanol–water partition coefficient (Wildman–Crippen LogP) is 2.02. The van der Waals surface area contributed by atoms with E-state index in [9.17, 15) is 14.9 Å². The highest BCUT2D eigenvalue weighted by atomic mass is 16.6. The van der Waals surface area contributed by atoms with Crippen LogP contribution >= 0.6 is 0 Å². The van der Waals surface area contributed by atoms with Gasteiger partial charge in [0.25, 0.3) is 5.69 Å². The summed E-state index contributed by atoms with van der Waals surface area (Å²) in [5.74, 6) is 0.0474. The fraction of sp³-hybridized carbons (Fsp3) is 0.462. The smallest absolute Gasteiger partial charge is 0.271 e. The van der Waals surface area contributed by atoms with Crippen LogP contribution in [0.2, 0.25) is 0 Å². The lowest BCUT2D eigenvalue weighted by Crippen LogP contribution is -2.39. The first-order chi connectivity index (χ1) is 9.16. The molecule has 0 radical (unpaired) electrons. The number of rotatable bonds is 4. The number of nitrogens with one attached hydrogen (secondary N) is 1. The first kappa shape index (κ1) is 13.3. The van der Waals surface area contributed by atoms with E-state index in [0.29, 0.717) is 5.69 Å². The maximum atomic E-state index is 11.9. The van der Waals surface area contributed by atoms with Crippen LogP contribution in [-0.4, -0.2) is 35.4 Å². The average Bonchev–Trinajstić information content (AvgIpc) is 2.46. The van der Waals surface area contributed by atoms with Crippen LogP contribution in [0.4, 0.5) is 11.4 Å². The number of non-ortho nitro benzene ring substituents is 1. The van der Waals surface area contributed by atoms with Crippen LogP contribution in [0.25, 0.3) is 0 Å². The third-order valence-electron chi connectivity index (χ3n) is 3.21. The molecule has 0 saturated carbocycles. The van der Waals surface area contributed by atoms with Gasteiger partial charge >= 0.3 is 0 Å². The number of carbonyl (C=O) groups excluding carboxylic acids is 1. The Balaban J connectivity index is 1.89. The number of benzene rings is 1. The number of hydrogen-bond donors (Lipinski definition) is 1. The van der Waals surface area contributed by atoms with Gasteiger partial charge in [-0.15, -0.1) is 0 Å². The molecule has 6 heteroatoms. The average molecular weight is 263 g/mol. The van der Waals surface area contributed by atoms with Gasteiger partial charge in [0.1, 0.15) is 0 Å². The second kappa shape index (κ2) is 6.17. The summed E-state index contributed by atoms with van der Waals surface area (Å²) in [4.78, 5) is 24.0. The lowest BCUT2D eigenvalue weighted by Gasteiger charge is -2.26. The zero-order valence-corrected chi connectivity index (χ0v) is 10.7. The number of likely N-dealkylation sites (tertiary alicyclic amines) is 1. The van der Waals surface area contributed by atoms with Crippen molar-refractivity contribution in [1.29, 1.82) is 0 Å². The molecule has 1 aliphatic rings. The first-order valence-corrected chi connectivity index (χ1v) is 6.43. The molecule has 0 aliphatic carbocycles. The minimum Gasteiger partial charge on any atom is -0.376 e. The van der Waals surface area contributed by atoms with Crippen molar-refractivity contribution in [2.45, 2.75) is 19.3 Å². The zero-order chi connectivity index (χ0) is 13.7. The number of hydrogen-bond acceptors (Lipinski definition) is 4. The fourth-order valence-electron chi connectivity index (χ4n) is 2.16. The molecule has 1 fully saturated rings. The Morgan fingerprint density at radius 2 is 2.05 bits per heavy atom. The molecule has 1 heterocycles. The summed E-state index contributed by atoms with van der Waals surface area (Å²) in [5.41, 5.74) is 0.620. The minimum absolute atomic E-state index is 0.0235. The SMILES string of the molecule is O=C(CNc1cccc([N+](=O)[O-])c1)N1CCCCC1. The van der Waals surface area contributed by atoms with Crippen LogP contribution in [0.1, 0.15) is 19.3 Å². The maximum absolute atomic E-state index is 11.9. The molecule has 1 aromatic carbocycles. The van der Waals surface area contributed by atoms with Gasteiger partial charge in [-0.1, -0.05) is 6.07 Å². The van der Waals surface area contributed by atoms with Gasteiger partial charge in [-0.05, 0) is 25.3 Å². The topological polar surface area (TPSA) is 75.5 Å². The Kier molecular flexibility index (Phi) is 4.33. The van der Waals surface area contributed by atoms with Crippen molar-refractivity contribution in [1.82, 2.24) is 4.90 Å². The normalized spacial score (nSPS) is 15.1. The van der Waals surface area contributed by atoms with Crippen LogP contribution in [0, 0.1) is 10.1 Å². The van der Waals surface area contributed by atoms with Crippen molar-refractivity contribution < 1.29 is 9.72 Å². The predicted molar refractivity (Wildman–Crippen MR) is 72.0 cm³/mol. The van der Waals surface area contributed by atoms with Gasteiger partial charge in [-0.3, -0.25) is 14.9 Å². The quantitative estimate of drug-likeness (QED) is 0.666. The second-order valence-corrected chi connectivity index (χ2v) is 4.60. The second-order valence-electron chi connectivity index (χ2n) is 4.60. The molecule has 1 amide bonds. The van der Waals surface area contributed by atoms with E-state index in [4.69, 9.17) is 0 Å². The van der Waals surface area contributed by atoms with E-state index in [1.54, 1.807) is 12.1 Å². The summed E-state index contributed by atoms with van der Waals surface area (Å²) in [7, 11) is 0. The summed E-state index contributed by atoms with van der Waals surface area (Å²) in [6, 6.07) is 6.18. The number of nitrogens with zero attached hydrogens (tertiary/aromatic N) is 2. The van der Waals surface area contributed by atoms with E-state index in [-0.39, 0.29) is 18.1 Å². The molecule has 2 rings (SSSR count). The number of amides is 1. The highest BCUT2D eigenvalue weighted by Gasteiger charge is 2.16. The number of piperidine rings is 1. The molecule has 102 valence electrons. The van der Waals surface area contributed by atoms with Gasteiger partial charge < -0.3 is 10.2 Å². The van der Waals surface area contributed by atoms with Crippen molar-refractivity contribution in [3.05, 3.63) is 34.4 Å². The van der Waals surface area contributed by atoms with Gasteiger partial charge in [0.15, 0.2) is 0 Å². The summed E-state index contributed by atoms with van der Waals surface area (Å²) in [6.07, 6.45) is 3.30. The molecule has 0 unspecified atom stereocenters. The van der Waals surface area contributed by atoms with Gasteiger partial charge in [0, 0.05) is 30.9 Å². The Labute approximate surface area is 111 Å². The summed E-state index contributed by atoms with van der Waals surface area (Å²) in [5, 5.41) is 13.6. The zero-order valence-electron chi connectivity index (χ0n) is 10.7. The number of anilines is 1. The van der Waals surface area contributed by atoms with Gasteiger partial charge in [-0.2, -0.15) is 0 Å². The molecule has 6 nitrogen and oxygen atoms in total. The third-order valence-corrected chi connectivity index (χ3v) is 3.21. The molecule has 1 aromatic rings. The summed E-state index contributed by atoms with van der Waals surface area (Å²) >= 11 is 0. The molecule has 1 N–H and O–H groups in total. The molecule has 1 saturated heterocycles. The molecule has 19 heavy (non-hydrogen) atoms. The number of nitro benzene ring substituents is 1. The van der Waals surface area contributed by atoms with E-state index < -0.39 is 4.92 Å². The molecular weight excluding hydrogens is 246 g/mol. The highest BCUT2D eigenvalue weighted by Crippen LogP contribution is 2.17. The standard InChI is InChI=1S/C13H17N3O3/c17-13(15-7-2-1-3-8-15)10-14-11-5-4-6-12(9-11)16(18)19/h4-6,9,14H,1-3,7-8,10H2. The van der Waals surface area contributed by atoms with Crippen molar-refractivity contribution in [3.8, 4) is 0 Å². The van der Waals surface area contributed by atoms with E-state index in [1.807, 2.05) is 4.90 Å². The Morgan fingerprint density at radius 3 is 2.74 bits per heavy atom. The third kappa shape index (κ3) is 3.67. The molecule has 0 bridgehead atoms.